The van der Waals surface area contributed by atoms with Crippen molar-refractivity contribution in [3.8, 4) is 11.1 Å². The second-order valence-corrected chi connectivity index (χ2v) is 9.37. The fraction of sp³-hybridized carbons (Fsp3) is 0.312. The molecule has 3 aromatic rings. The van der Waals surface area contributed by atoms with Crippen LogP contribution in [0, 0.1) is 19.3 Å². The van der Waals surface area contributed by atoms with Crippen molar-refractivity contribution in [1.29, 1.82) is 5.41 Å². The van der Waals surface area contributed by atoms with Gasteiger partial charge in [0.1, 0.15) is 0 Å². The first-order chi connectivity index (χ1) is 17.2. The van der Waals surface area contributed by atoms with E-state index in [-0.39, 0.29) is 11.8 Å². The summed E-state index contributed by atoms with van der Waals surface area (Å²) in [6, 6.07) is 25.2. The standard InChI is InChI=1S/C30H36N2O.C2H5N/c1-22(2)21-32(29-17-16-27(20-24(29)4)26-13-8-7-9-14-26)19-18-31(6)30(33)25(5)28-15-11-10-12-23(28)3;1-2-3/h7-17,20,25H,1,18-19,21H2,2-6H3;2-3H,1H3. The molecule has 3 rings (SSSR count). The molecule has 0 aliphatic carbocycles. The van der Waals surface area contributed by atoms with Crippen LogP contribution in [-0.2, 0) is 4.79 Å². The van der Waals surface area contributed by atoms with E-state index >= 15 is 0 Å². The molecule has 36 heavy (non-hydrogen) atoms. The van der Waals surface area contributed by atoms with Crippen LogP contribution in [0.2, 0.25) is 0 Å². The molecular formula is C32H41N3O. The van der Waals surface area contributed by atoms with Crippen molar-refractivity contribution in [3.63, 3.8) is 0 Å². The topological polar surface area (TPSA) is 47.4 Å². The van der Waals surface area contributed by atoms with Gasteiger partial charge in [0, 0.05) is 32.4 Å². The molecule has 1 amide bonds. The molecule has 3 aromatic carbocycles. The fourth-order valence-corrected chi connectivity index (χ4v) is 4.35. The predicted octanol–water partition coefficient (Wildman–Crippen LogP) is 7.27. The smallest absolute Gasteiger partial charge is 0.229 e. The second kappa shape index (κ2) is 14.0. The third-order valence-electron chi connectivity index (χ3n) is 6.21. The van der Waals surface area contributed by atoms with E-state index in [4.69, 9.17) is 5.41 Å². The van der Waals surface area contributed by atoms with E-state index in [2.05, 4.69) is 86.8 Å². The zero-order valence-corrected chi connectivity index (χ0v) is 22.7. The Morgan fingerprint density at radius 2 is 1.56 bits per heavy atom. The maximum atomic E-state index is 13.1. The highest BCUT2D eigenvalue weighted by Gasteiger charge is 2.21. The summed E-state index contributed by atoms with van der Waals surface area (Å²) in [6.07, 6.45) is 1.25. The van der Waals surface area contributed by atoms with Gasteiger partial charge in [0.25, 0.3) is 0 Å². The van der Waals surface area contributed by atoms with Crippen LogP contribution in [0.4, 0.5) is 5.69 Å². The monoisotopic (exact) mass is 483 g/mol. The highest BCUT2D eigenvalue weighted by atomic mass is 16.2. The van der Waals surface area contributed by atoms with Crippen LogP contribution < -0.4 is 4.90 Å². The number of anilines is 1. The molecule has 0 aliphatic rings. The zero-order valence-electron chi connectivity index (χ0n) is 22.7. The lowest BCUT2D eigenvalue weighted by Gasteiger charge is -2.30. The summed E-state index contributed by atoms with van der Waals surface area (Å²) >= 11 is 0. The molecule has 0 aromatic heterocycles. The molecule has 1 N–H and O–H groups in total. The van der Waals surface area contributed by atoms with Crippen molar-refractivity contribution >= 4 is 17.8 Å². The number of benzene rings is 3. The Balaban J connectivity index is 0.00000145. The van der Waals surface area contributed by atoms with Crippen LogP contribution >= 0.6 is 0 Å². The lowest BCUT2D eigenvalue weighted by atomic mass is 9.95. The third-order valence-corrected chi connectivity index (χ3v) is 6.21. The number of nitrogens with one attached hydrogen (secondary N) is 1. The second-order valence-electron chi connectivity index (χ2n) is 9.37. The highest BCUT2D eigenvalue weighted by Crippen LogP contribution is 2.28. The van der Waals surface area contributed by atoms with Crippen LogP contribution in [0.15, 0.2) is 84.9 Å². The Bertz CT molecular complexity index is 1150. The lowest BCUT2D eigenvalue weighted by Crippen LogP contribution is -2.39. The molecule has 0 aliphatic heterocycles. The molecule has 0 radical (unpaired) electrons. The summed E-state index contributed by atoms with van der Waals surface area (Å²) in [7, 11) is 1.90. The fourth-order valence-electron chi connectivity index (χ4n) is 4.35. The van der Waals surface area contributed by atoms with Crippen LogP contribution in [0.5, 0.6) is 0 Å². The number of carbonyl (C=O) groups excluding carboxylic acids is 1. The van der Waals surface area contributed by atoms with Crippen LogP contribution in [0.1, 0.15) is 43.4 Å². The number of amides is 1. The van der Waals surface area contributed by atoms with Gasteiger partial charge in [-0.3, -0.25) is 4.79 Å². The van der Waals surface area contributed by atoms with E-state index in [9.17, 15) is 4.79 Å². The number of aryl methyl sites for hydroxylation is 2. The molecule has 0 heterocycles. The van der Waals surface area contributed by atoms with E-state index in [1.165, 1.54) is 28.6 Å². The van der Waals surface area contributed by atoms with Gasteiger partial charge in [0.15, 0.2) is 0 Å². The largest absolute Gasteiger partial charge is 0.366 e. The molecule has 1 unspecified atom stereocenters. The summed E-state index contributed by atoms with van der Waals surface area (Å²) in [6.45, 7) is 16.2. The molecule has 4 nitrogen and oxygen atoms in total. The summed E-state index contributed by atoms with van der Waals surface area (Å²) < 4.78 is 0. The van der Waals surface area contributed by atoms with Gasteiger partial charge in [-0.2, -0.15) is 0 Å². The molecule has 0 bridgehead atoms. The van der Waals surface area contributed by atoms with Crippen molar-refractivity contribution in [2.24, 2.45) is 0 Å². The summed E-state index contributed by atoms with van der Waals surface area (Å²) in [5, 5.41) is 6.08. The molecule has 0 saturated heterocycles. The number of carbonyl (C=O) groups is 1. The maximum absolute atomic E-state index is 13.1. The van der Waals surface area contributed by atoms with Gasteiger partial charge in [-0.15, -0.1) is 0 Å². The number of rotatable bonds is 9. The normalized spacial score (nSPS) is 11.1. The number of hydrogen-bond acceptors (Lipinski definition) is 3. The number of nitrogens with zero attached hydrogens (tertiary/aromatic N) is 2. The Morgan fingerprint density at radius 1 is 0.944 bits per heavy atom. The number of hydrogen-bond donors (Lipinski definition) is 1. The quantitative estimate of drug-likeness (QED) is 0.257. The molecule has 0 fully saturated rings. The van der Waals surface area contributed by atoms with Gasteiger partial charge in [0.05, 0.1) is 5.92 Å². The van der Waals surface area contributed by atoms with Gasteiger partial charge >= 0.3 is 0 Å². The van der Waals surface area contributed by atoms with Crippen molar-refractivity contribution in [1.82, 2.24) is 4.90 Å². The first-order valence-electron chi connectivity index (χ1n) is 12.5. The first kappa shape index (κ1) is 28.6. The van der Waals surface area contributed by atoms with E-state index in [1.54, 1.807) is 6.92 Å². The molecule has 0 saturated carbocycles. The average Bonchev–Trinajstić information content (AvgIpc) is 2.86. The Labute approximate surface area is 217 Å². The van der Waals surface area contributed by atoms with Crippen molar-refractivity contribution in [3.05, 3.63) is 102 Å². The highest BCUT2D eigenvalue weighted by molar-refractivity contribution is 5.83. The van der Waals surface area contributed by atoms with Gasteiger partial charge < -0.3 is 15.2 Å². The van der Waals surface area contributed by atoms with Crippen LogP contribution in [0.3, 0.4) is 0 Å². The van der Waals surface area contributed by atoms with Crippen molar-refractivity contribution in [2.75, 3.05) is 31.6 Å². The van der Waals surface area contributed by atoms with Gasteiger partial charge in [0.2, 0.25) is 5.91 Å². The van der Waals surface area contributed by atoms with Gasteiger partial charge in [-0.1, -0.05) is 72.8 Å². The molecule has 4 heteroatoms. The van der Waals surface area contributed by atoms with E-state index < -0.39 is 0 Å². The van der Waals surface area contributed by atoms with Crippen LogP contribution in [0.25, 0.3) is 11.1 Å². The minimum atomic E-state index is -0.155. The summed E-state index contributed by atoms with van der Waals surface area (Å²) in [5.41, 5.74) is 8.19. The minimum absolute atomic E-state index is 0.149. The van der Waals surface area contributed by atoms with Gasteiger partial charge in [-0.25, -0.2) is 0 Å². The third kappa shape index (κ3) is 7.94. The summed E-state index contributed by atoms with van der Waals surface area (Å²) in [5.74, 6) is -0.00611. The van der Waals surface area contributed by atoms with Gasteiger partial charge in [-0.05, 0) is 80.8 Å². The Kier molecular flexibility index (Phi) is 11.1. The van der Waals surface area contributed by atoms with E-state index in [1.807, 2.05) is 37.1 Å². The van der Waals surface area contributed by atoms with Crippen LogP contribution in [-0.4, -0.2) is 43.7 Å². The van der Waals surface area contributed by atoms with Crippen molar-refractivity contribution in [2.45, 2.75) is 40.5 Å². The zero-order chi connectivity index (χ0) is 26.7. The van der Waals surface area contributed by atoms with E-state index in [0.717, 1.165) is 29.8 Å². The first-order valence-corrected chi connectivity index (χ1v) is 12.5. The predicted molar refractivity (Wildman–Crippen MR) is 155 cm³/mol. The Morgan fingerprint density at radius 3 is 2.14 bits per heavy atom. The lowest BCUT2D eigenvalue weighted by molar-refractivity contribution is -0.131. The molecule has 1 atom stereocenters. The molecule has 190 valence electrons. The van der Waals surface area contributed by atoms with E-state index in [0.29, 0.717) is 6.54 Å². The molecule has 0 spiro atoms. The SMILES string of the molecule is C=C(C)CN(CCN(C)C(=O)C(C)c1ccccc1C)c1ccc(-c2ccccc2)cc1C.CC=N. The number of likely N-dealkylation sites (N-methyl/N-ethyl adjacent to an activating group) is 1. The molecular weight excluding hydrogens is 442 g/mol. The minimum Gasteiger partial charge on any atom is -0.366 e. The summed E-state index contributed by atoms with van der Waals surface area (Å²) in [4.78, 5) is 17.3. The Hall–Kier alpha value is -3.66. The van der Waals surface area contributed by atoms with Crippen molar-refractivity contribution < 1.29 is 4.79 Å². The average molecular weight is 484 g/mol. The maximum Gasteiger partial charge on any atom is 0.229 e.